The summed E-state index contributed by atoms with van der Waals surface area (Å²) in [5.41, 5.74) is 1.69. The Morgan fingerprint density at radius 1 is 1.15 bits per heavy atom. The highest BCUT2D eigenvalue weighted by atomic mass is 19.1. The minimum absolute atomic E-state index is 0.184. The highest BCUT2D eigenvalue weighted by Gasteiger charge is 2.03. The normalized spacial score (nSPS) is 11.3. The summed E-state index contributed by atoms with van der Waals surface area (Å²) in [7, 11) is 3.33. The van der Waals surface area contributed by atoms with Gasteiger partial charge in [-0.3, -0.25) is 4.99 Å². The van der Waals surface area contributed by atoms with Crippen molar-refractivity contribution < 1.29 is 13.9 Å². The minimum Gasteiger partial charge on any atom is -0.475 e. The molecule has 2 rings (SSSR count). The highest BCUT2D eigenvalue weighted by molar-refractivity contribution is 5.79. The molecule has 2 aromatic rings. The molecule has 140 valence electrons. The third-order valence-electron chi connectivity index (χ3n) is 3.66. The molecule has 1 aromatic heterocycles. The van der Waals surface area contributed by atoms with Crippen LogP contribution in [-0.4, -0.2) is 44.9 Å². The van der Waals surface area contributed by atoms with Crippen molar-refractivity contribution in [2.24, 2.45) is 4.99 Å². The van der Waals surface area contributed by atoms with E-state index in [0.29, 0.717) is 50.1 Å². The smallest absolute Gasteiger partial charge is 0.213 e. The number of guanidine groups is 1. The van der Waals surface area contributed by atoms with Gasteiger partial charge in [0, 0.05) is 39.5 Å². The van der Waals surface area contributed by atoms with Gasteiger partial charge in [-0.25, -0.2) is 9.37 Å². The largest absolute Gasteiger partial charge is 0.475 e. The summed E-state index contributed by atoms with van der Waals surface area (Å²) in [6.07, 6.45) is 2.34. The number of rotatable bonds is 9. The molecule has 0 saturated heterocycles. The van der Waals surface area contributed by atoms with Crippen LogP contribution in [0.1, 0.15) is 11.1 Å². The lowest BCUT2D eigenvalue weighted by atomic mass is 10.1. The van der Waals surface area contributed by atoms with Crippen molar-refractivity contribution in [1.82, 2.24) is 15.6 Å². The summed E-state index contributed by atoms with van der Waals surface area (Å²) in [4.78, 5) is 8.41. The first-order chi connectivity index (χ1) is 12.7. The number of nitrogens with zero attached hydrogens (tertiary/aromatic N) is 2. The number of pyridine rings is 1. The summed E-state index contributed by atoms with van der Waals surface area (Å²) in [6, 6.07) is 10.5. The van der Waals surface area contributed by atoms with Gasteiger partial charge in [-0.05, 0) is 23.6 Å². The van der Waals surface area contributed by atoms with E-state index in [1.165, 1.54) is 6.07 Å². The Hall–Kier alpha value is -2.67. The highest BCUT2D eigenvalue weighted by Crippen LogP contribution is 2.08. The van der Waals surface area contributed by atoms with E-state index in [1.54, 1.807) is 32.5 Å². The molecule has 0 fully saturated rings. The molecule has 0 amide bonds. The lowest BCUT2D eigenvalue weighted by molar-refractivity contribution is 0.143. The maximum Gasteiger partial charge on any atom is 0.213 e. The van der Waals surface area contributed by atoms with Gasteiger partial charge in [0.05, 0.1) is 6.61 Å². The summed E-state index contributed by atoms with van der Waals surface area (Å²) < 4.78 is 24.0. The number of benzene rings is 1. The molecule has 0 spiro atoms. The van der Waals surface area contributed by atoms with E-state index in [-0.39, 0.29) is 5.82 Å². The van der Waals surface area contributed by atoms with E-state index in [9.17, 15) is 4.39 Å². The number of methoxy groups -OCH3 is 1. The van der Waals surface area contributed by atoms with Gasteiger partial charge in [0.25, 0.3) is 0 Å². The minimum atomic E-state index is -0.184. The van der Waals surface area contributed by atoms with Crippen molar-refractivity contribution in [3.8, 4) is 5.88 Å². The first-order valence-corrected chi connectivity index (χ1v) is 8.47. The number of nitrogens with one attached hydrogen (secondary N) is 2. The molecule has 1 heterocycles. The molecule has 2 N–H and O–H groups in total. The maximum absolute atomic E-state index is 13.6. The Morgan fingerprint density at radius 3 is 2.69 bits per heavy atom. The Balaban J connectivity index is 1.73. The van der Waals surface area contributed by atoms with Gasteiger partial charge >= 0.3 is 0 Å². The molecule has 0 bridgehead atoms. The monoisotopic (exact) mass is 360 g/mol. The third kappa shape index (κ3) is 6.68. The quantitative estimate of drug-likeness (QED) is 0.407. The fraction of sp³-hybridized carbons (Fsp3) is 0.368. The van der Waals surface area contributed by atoms with Gasteiger partial charge < -0.3 is 20.1 Å². The molecule has 1 aromatic carbocycles. The van der Waals surface area contributed by atoms with Gasteiger partial charge in [-0.2, -0.15) is 0 Å². The molecule has 0 radical (unpaired) electrons. The fourth-order valence-electron chi connectivity index (χ4n) is 2.25. The first kappa shape index (κ1) is 19.7. The van der Waals surface area contributed by atoms with Gasteiger partial charge in [0.1, 0.15) is 12.4 Å². The number of aromatic nitrogens is 1. The van der Waals surface area contributed by atoms with Crippen LogP contribution in [0, 0.1) is 5.82 Å². The average molecular weight is 360 g/mol. The molecule has 0 aliphatic rings. The molecular formula is C19H25FN4O2. The average Bonchev–Trinajstić information content (AvgIpc) is 2.67. The van der Waals surface area contributed by atoms with E-state index >= 15 is 0 Å². The fourth-order valence-corrected chi connectivity index (χ4v) is 2.25. The molecule has 6 nitrogen and oxygen atoms in total. The van der Waals surface area contributed by atoms with E-state index in [1.807, 2.05) is 18.2 Å². The van der Waals surface area contributed by atoms with Crippen molar-refractivity contribution in [3.63, 3.8) is 0 Å². The third-order valence-corrected chi connectivity index (χ3v) is 3.66. The molecule has 0 saturated carbocycles. The maximum atomic E-state index is 13.6. The topological polar surface area (TPSA) is 67.8 Å². The van der Waals surface area contributed by atoms with Crippen LogP contribution in [0.15, 0.2) is 47.6 Å². The van der Waals surface area contributed by atoms with Gasteiger partial charge in [-0.15, -0.1) is 0 Å². The van der Waals surface area contributed by atoms with Crippen LogP contribution in [0.2, 0.25) is 0 Å². The second-order valence-corrected chi connectivity index (χ2v) is 5.54. The number of aliphatic imine (C=N–C) groups is 1. The van der Waals surface area contributed by atoms with Crippen LogP contribution in [0.5, 0.6) is 5.88 Å². The predicted molar refractivity (Wildman–Crippen MR) is 99.9 cm³/mol. The Kier molecular flexibility index (Phi) is 8.35. The molecule has 26 heavy (non-hydrogen) atoms. The predicted octanol–water partition coefficient (Wildman–Crippen LogP) is 2.15. The molecule has 0 unspecified atom stereocenters. The van der Waals surface area contributed by atoms with Crippen molar-refractivity contribution >= 4 is 5.96 Å². The number of hydrogen-bond acceptors (Lipinski definition) is 4. The molecular weight excluding hydrogens is 335 g/mol. The molecule has 0 aliphatic carbocycles. The van der Waals surface area contributed by atoms with Crippen LogP contribution in [0.25, 0.3) is 0 Å². The molecule has 0 atom stereocenters. The zero-order chi connectivity index (χ0) is 18.6. The first-order valence-electron chi connectivity index (χ1n) is 8.47. The van der Waals surface area contributed by atoms with Crippen LogP contribution in [-0.2, 0) is 17.7 Å². The zero-order valence-electron chi connectivity index (χ0n) is 15.2. The van der Waals surface area contributed by atoms with Crippen LogP contribution >= 0.6 is 0 Å². The van der Waals surface area contributed by atoms with Crippen LogP contribution in [0.3, 0.4) is 0 Å². The van der Waals surface area contributed by atoms with Gasteiger partial charge in [0.15, 0.2) is 5.96 Å². The summed E-state index contributed by atoms with van der Waals surface area (Å²) in [6.45, 7) is 2.16. The second-order valence-electron chi connectivity index (χ2n) is 5.54. The Morgan fingerprint density at radius 2 is 2.00 bits per heavy atom. The van der Waals surface area contributed by atoms with Crippen molar-refractivity contribution in [3.05, 3.63) is 59.5 Å². The molecule has 0 aliphatic heterocycles. The Labute approximate surface area is 153 Å². The molecule has 7 heteroatoms. The van der Waals surface area contributed by atoms with E-state index in [0.717, 1.165) is 5.56 Å². The number of ether oxygens (including phenoxy) is 2. The van der Waals surface area contributed by atoms with Crippen molar-refractivity contribution in [1.29, 1.82) is 0 Å². The van der Waals surface area contributed by atoms with Crippen LogP contribution in [0.4, 0.5) is 4.39 Å². The van der Waals surface area contributed by atoms with Gasteiger partial charge in [-0.1, -0.05) is 24.3 Å². The van der Waals surface area contributed by atoms with E-state index < -0.39 is 0 Å². The van der Waals surface area contributed by atoms with E-state index in [2.05, 4.69) is 20.6 Å². The zero-order valence-corrected chi connectivity index (χ0v) is 15.2. The number of halogens is 1. The van der Waals surface area contributed by atoms with Crippen molar-refractivity contribution in [2.75, 3.05) is 33.9 Å². The van der Waals surface area contributed by atoms with Crippen molar-refractivity contribution in [2.45, 2.75) is 13.0 Å². The second kappa shape index (κ2) is 11.0. The van der Waals surface area contributed by atoms with Gasteiger partial charge in [0.2, 0.25) is 5.88 Å². The van der Waals surface area contributed by atoms with E-state index in [4.69, 9.17) is 9.47 Å². The number of hydrogen-bond donors (Lipinski definition) is 2. The lowest BCUT2D eigenvalue weighted by Gasteiger charge is -2.12. The summed E-state index contributed by atoms with van der Waals surface area (Å²) >= 11 is 0. The Bertz CT molecular complexity index is 692. The lowest BCUT2D eigenvalue weighted by Crippen LogP contribution is -2.37. The SMILES string of the molecule is CN=C(NCCc1ccccc1F)NCc1ccc(OCCOC)nc1. The summed E-state index contributed by atoms with van der Waals surface area (Å²) in [5, 5.41) is 6.38. The standard InChI is InChI=1S/C19H25FN4O2/c1-21-19(22-10-9-16-5-3-4-6-17(16)20)24-14-15-7-8-18(23-13-15)26-12-11-25-2/h3-8,13H,9-12,14H2,1-2H3,(H2,21,22,24). The van der Waals surface area contributed by atoms with Crippen LogP contribution < -0.4 is 15.4 Å². The summed E-state index contributed by atoms with van der Waals surface area (Å²) in [5.74, 6) is 1.04.